The third-order valence-electron chi connectivity index (χ3n) is 3.16. The van der Waals surface area contributed by atoms with E-state index in [0.717, 1.165) is 17.8 Å². The maximum Gasteiger partial charge on any atom is 0.181 e. The lowest BCUT2D eigenvalue weighted by atomic mass is 10.0. The predicted octanol–water partition coefficient (Wildman–Crippen LogP) is 2.64. The number of aromatic nitrogens is 3. The van der Waals surface area contributed by atoms with Gasteiger partial charge in [-0.1, -0.05) is 54.6 Å². The van der Waals surface area contributed by atoms with Gasteiger partial charge in [-0.3, -0.25) is 5.10 Å². The van der Waals surface area contributed by atoms with E-state index in [0.29, 0.717) is 12.4 Å². The molecule has 0 saturated heterocycles. The molecule has 0 aliphatic carbocycles. The van der Waals surface area contributed by atoms with Crippen LogP contribution in [0.3, 0.4) is 0 Å². The van der Waals surface area contributed by atoms with Gasteiger partial charge >= 0.3 is 0 Å². The summed E-state index contributed by atoms with van der Waals surface area (Å²) in [5.74, 6) is 1.54. The molecule has 0 spiro atoms. The van der Waals surface area contributed by atoms with Gasteiger partial charge in [0.2, 0.25) is 0 Å². The molecule has 3 N–H and O–H groups in total. The summed E-state index contributed by atoms with van der Waals surface area (Å²) in [6.07, 6.45) is 0.717. The lowest BCUT2D eigenvalue weighted by Crippen LogP contribution is -2.03. The number of hydrogen-bond donors (Lipinski definition) is 2. The fraction of sp³-hybridized carbons (Fsp3) is 0.125. The molecule has 0 aliphatic heterocycles. The van der Waals surface area contributed by atoms with Gasteiger partial charge in [-0.2, -0.15) is 5.10 Å². The summed E-state index contributed by atoms with van der Waals surface area (Å²) in [6, 6.07) is 18.5. The van der Waals surface area contributed by atoms with Crippen LogP contribution in [0.5, 0.6) is 0 Å². The van der Waals surface area contributed by atoms with Gasteiger partial charge in [0.1, 0.15) is 5.82 Å². The zero-order valence-electron chi connectivity index (χ0n) is 11.1. The smallest absolute Gasteiger partial charge is 0.181 e. The monoisotopic (exact) mass is 264 g/mol. The molecule has 0 unspecified atom stereocenters. The number of nitrogens with one attached hydrogen (secondary N) is 1. The maximum atomic E-state index is 5.50. The highest BCUT2D eigenvalue weighted by Gasteiger charge is 2.05. The standard InChI is InChI=1S/C16H16N4/c17-11-10-15-18-16(20-19-15)14-8-6-13(7-9-14)12-4-2-1-3-5-12/h1-9H,10-11,17H2,(H,18,19,20). The topological polar surface area (TPSA) is 67.6 Å². The Kier molecular flexibility index (Phi) is 3.56. The summed E-state index contributed by atoms with van der Waals surface area (Å²) in [5.41, 5.74) is 8.90. The molecule has 20 heavy (non-hydrogen) atoms. The van der Waals surface area contributed by atoms with Crippen LogP contribution >= 0.6 is 0 Å². The largest absolute Gasteiger partial charge is 0.330 e. The Balaban J connectivity index is 1.85. The quantitative estimate of drug-likeness (QED) is 0.761. The van der Waals surface area contributed by atoms with Crippen LogP contribution in [0.25, 0.3) is 22.5 Å². The molecule has 3 aromatic rings. The van der Waals surface area contributed by atoms with Crippen LogP contribution in [-0.4, -0.2) is 21.7 Å². The summed E-state index contributed by atoms with van der Waals surface area (Å²) >= 11 is 0. The van der Waals surface area contributed by atoms with E-state index in [-0.39, 0.29) is 0 Å². The van der Waals surface area contributed by atoms with Gasteiger partial charge in [-0.05, 0) is 17.7 Å². The molecule has 0 fully saturated rings. The molecular weight excluding hydrogens is 248 g/mol. The lowest BCUT2D eigenvalue weighted by molar-refractivity contribution is 0.874. The van der Waals surface area contributed by atoms with E-state index >= 15 is 0 Å². The van der Waals surface area contributed by atoms with E-state index < -0.39 is 0 Å². The average molecular weight is 264 g/mol. The first-order valence-electron chi connectivity index (χ1n) is 6.64. The minimum absolute atomic E-state index is 0.571. The lowest BCUT2D eigenvalue weighted by Gasteiger charge is -2.02. The van der Waals surface area contributed by atoms with Crippen molar-refractivity contribution < 1.29 is 0 Å². The zero-order chi connectivity index (χ0) is 13.8. The summed E-state index contributed by atoms with van der Waals surface area (Å²) in [4.78, 5) is 4.43. The first-order chi connectivity index (χ1) is 9.86. The van der Waals surface area contributed by atoms with E-state index in [4.69, 9.17) is 5.73 Å². The molecule has 100 valence electrons. The van der Waals surface area contributed by atoms with Crippen molar-refractivity contribution in [3.05, 3.63) is 60.4 Å². The Morgan fingerprint density at radius 2 is 1.50 bits per heavy atom. The number of rotatable bonds is 4. The number of nitrogens with two attached hydrogens (primary N) is 1. The van der Waals surface area contributed by atoms with Gasteiger partial charge in [0, 0.05) is 12.0 Å². The van der Waals surface area contributed by atoms with E-state index in [1.807, 2.05) is 30.3 Å². The molecule has 0 aliphatic rings. The summed E-state index contributed by atoms with van der Waals surface area (Å²) in [7, 11) is 0. The highest BCUT2D eigenvalue weighted by Crippen LogP contribution is 2.22. The highest BCUT2D eigenvalue weighted by molar-refractivity contribution is 5.67. The van der Waals surface area contributed by atoms with Crippen molar-refractivity contribution in [2.45, 2.75) is 6.42 Å². The van der Waals surface area contributed by atoms with Crippen molar-refractivity contribution in [1.29, 1.82) is 0 Å². The van der Waals surface area contributed by atoms with Gasteiger partial charge in [0.05, 0.1) is 0 Å². The van der Waals surface area contributed by atoms with E-state index in [1.54, 1.807) is 0 Å². The fourth-order valence-corrected chi connectivity index (χ4v) is 2.12. The Bertz CT molecular complexity index is 671. The van der Waals surface area contributed by atoms with Crippen LogP contribution in [0.1, 0.15) is 5.82 Å². The normalized spacial score (nSPS) is 10.7. The summed E-state index contributed by atoms with van der Waals surface area (Å²) < 4.78 is 0. The Morgan fingerprint density at radius 3 is 2.20 bits per heavy atom. The minimum Gasteiger partial charge on any atom is -0.330 e. The molecule has 3 rings (SSSR count). The van der Waals surface area contributed by atoms with Crippen LogP contribution in [0.15, 0.2) is 54.6 Å². The number of aromatic amines is 1. The molecule has 0 saturated carbocycles. The highest BCUT2D eigenvalue weighted by atomic mass is 15.2. The fourth-order valence-electron chi connectivity index (χ4n) is 2.12. The second-order valence-electron chi connectivity index (χ2n) is 4.59. The first-order valence-corrected chi connectivity index (χ1v) is 6.64. The predicted molar refractivity (Wildman–Crippen MR) is 80.0 cm³/mol. The van der Waals surface area contributed by atoms with Crippen LogP contribution in [0.4, 0.5) is 0 Å². The molecule has 4 nitrogen and oxygen atoms in total. The number of hydrogen-bond acceptors (Lipinski definition) is 3. The van der Waals surface area contributed by atoms with Gasteiger partial charge in [0.25, 0.3) is 0 Å². The second kappa shape index (κ2) is 5.67. The summed E-state index contributed by atoms with van der Waals surface area (Å²) in [6.45, 7) is 0.571. The zero-order valence-corrected chi connectivity index (χ0v) is 11.1. The molecule has 1 aromatic heterocycles. The van der Waals surface area contributed by atoms with Crippen molar-refractivity contribution >= 4 is 0 Å². The van der Waals surface area contributed by atoms with Crippen molar-refractivity contribution in [3.63, 3.8) is 0 Å². The van der Waals surface area contributed by atoms with Crippen molar-refractivity contribution in [2.75, 3.05) is 6.54 Å². The number of H-pyrrole nitrogens is 1. The van der Waals surface area contributed by atoms with Crippen LogP contribution < -0.4 is 5.73 Å². The number of benzene rings is 2. The molecule has 1 heterocycles. The van der Waals surface area contributed by atoms with Gasteiger partial charge in [0.15, 0.2) is 5.82 Å². The Hall–Kier alpha value is -2.46. The van der Waals surface area contributed by atoms with E-state index in [2.05, 4.69) is 39.4 Å². The van der Waals surface area contributed by atoms with Crippen LogP contribution in [-0.2, 0) is 6.42 Å². The van der Waals surface area contributed by atoms with Crippen molar-refractivity contribution in [3.8, 4) is 22.5 Å². The molecule has 0 bridgehead atoms. The Morgan fingerprint density at radius 1 is 0.850 bits per heavy atom. The molecular formula is C16H16N4. The first kappa shape index (κ1) is 12.6. The van der Waals surface area contributed by atoms with Crippen molar-refractivity contribution in [2.24, 2.45) is 5.73 Å². The van der Waals surface area contributed by atoms with Gasteiger partial charge in [-0.25, -0.2) is 4.98 Å². The van der Waals surface area contributed by atoms with E-state index in [1.165, 1.54) is 11.1 Å². The Labute approximate surface area is 117 Å². The molecule has 0 amide bonds. The number of nitrogens with zero attached hydrogens (tertiary/aromatic N) is 2. The maximum absolute atomic E-state index is 5.50. The van der Waals surface area contributed by atoms with E-state index in [9.17, 15) is 0 Å². The molecule has 2 aromatic carbocycles. The molecule has 4 heteroatoms. The minimum atomic E-state index is 0.571. The van der Waals surface area contributed by atoms with Gasteiger partial charge < -0.3 is 5.73 Å². The van der Waals surface area contributed by atoms with Crippen molar-refractivity contribution in [1.82, 2.24) is 15.2 Å². The molecule has 0 atom stereocenters. The van der Waals surface area contributed by atoms with Crippen LogP contribution in [0, 0.1) is 0 Å². The van der Waals surface area contributed by atoms with Crippen LogP contribution in [0.2, 0.25) is 0 Å². The summed E-state index contributed by atoms with van der Waals surface area (Å²) in [5, 5.41) is 7.13. The third kappa shape index (κ3) is 2.60. The van der Waals surface area contributed by atoms with Gasteiger partial charge in [-0.15, -0.1) is 0 Å². The molecule has 0 radical (unpaired) electrons. The third-order valence-corrected chi connectivity index (χ3v) is 3.16. The average Bonchev–Trinajstić information content (AvgIpc) is 2.97. The second-order valence-corrected chi connectivity index (χ2v) is 4.59. The SMILES string of the molecule is NCCc1nc(-c2ccc(-c3ccccc3)cc2)n[nH]1.